The van der Waals surface area contributed by atoms with Gasteiger partial charge in [0, 0.05) is 42.9 Å². The molecule has 166 valence electrons. The van der Waals surface area contributed by atoms with Gasteiger partial charge in [0.1, 0.15) is 11.5 Å². The van der Waals surface area contributed by atoms with Crippen molar-refractivity contribution in [2.75, 3.05) is 14.2 Å². The third-order valence-electron chi connectivity index (χ3n) is 5.67. The first-order valence-corrected chi connectivity index (χ1v) is 10.0. The Balaban J connectivity index is 2.20. The van der Waals surface area contributed by atoms with E-state index in [1.165, 1.54) is 6.20 Å². The molecule has 0 fully saturated rings. The summed E-state index contributed by atoms with van der Waals surface area (Å²) < 4.78 is 16.1. The number of allylic oxidation sites excluding steroid dienone is 3. The van der Waals surface area contributed by atoms with Crippen molar-refractivity contribution in [1.29, 1.82) is 0 Å². The second-order valence-corrected chi connectivity index (χ2v) is 7.55. The van der Waals surface area contributed by atoms with Crippen LogP contribution in [-0.2, 0) is 18.8 Å². The largest absolute Gasteiger partial charge is 0.499 e. The number of fused-ring (bicyclic) bond motifs is 3. The number of methoxy groups -OCH3 is 2. The summed E-state index contributed by atoms with van der Waals surface area (Å²) in [5.74, 6) is 1.24. The smallest absolute Gasteiger partial charge is 0.333 e. The maximum absolute atomic E-state index is 13.3. The maximum Gasteiger partial charge on any atom is 0.333 e. The van der Waals surface area contributed by atoms with Crippen molar-refractivity contribution in [1.82, 2.24) is 23.9 Å². The highest BCUT2D eigenvalue weighted by Gasteiger charge is 2.21. The summed E-state index contributed by atoms with van der Waals surface area (Å²) in [6.07, 6.45) is 6.68. The number of rotatable bonds is 5. The van der Waals surface area contributed by atoms with Gasteiger partial charge in [-0.05, 0) is 32.2 Å². The van der Waals surface area contributed by atoms with Gasteiger partial charge in [0.2, 0.25) is 0 Å². The van der Waals surface area contributed by atoms with Gasteiger partial charge >= 0.3 is 5.69 Å². The lowest BCUT2D eigenvalue weighted by Crippen LogP contribution is -2.22. The fourth-order valence-electron chi connectivity index (χ4n) is 4.04. The summed E-state index contributed by atoms with van der Waals surface area (Å²) in [7, 11) is 6.78. The molecule has 4 aromatic rings. The van der Waals surface area contributed by atoms with Crippen LogP contribution in [0, 0.1) is 6.92 Å². The third-order valence-corrected chi connectivity index (χ3v) is 5.67. The van der Waals surface area contributed by atoms with Gasteiger partial charge in [-0.15, -0.1) is 0 Å². The fourth-order valence-corrected chi connectivity index (χ4v) is 4.04. The molecule has 0 atom stereocenters. The van der Waals surface area contributed by atoms with E-state index in [2.05, 4.69) is 10.1 Å². The van der Waals surface area contributed by atoms with Crippen LogP contribution in [0.5, 0.6) is 5.75 Å². The van der Waals surface area contributed by atoms with Crippen molar-refractivity contribution in [3.05, 3.63) is 58.7 Å². The molecule has 0 bridgehead atoms. The topological polar surface area (TPSA) is 102 Å². The van der Waals surface area contributed by atoms with Gasteiger partial charge in [0.15, 0.2) is 0 Å². The van der Waals surface area contributed by atoms with Crippen molar-refractivity contribution < 1.29 is 9.47 Å². The first-order valence-electron chi connectivity index (χ1n) is 10.0. The van der Waals surface area contributed by atoms with Crippen LogP contribution in [0.15, 0.2) is 47.4 Å². The SMILES string of the molecule is CO/C(C)=C(/C=C\N)n1c(=O)n(C)c2cnc3cc(OC)c(-c4cn(C)nc4C)cc3c21. The average molecular weight is 435 g/mol. The van der Waals surface area contributed by atoms with E-state index in [0.717, 1.165) is 22.2 Å². The van der Waals surface area contributed by atoms with Gasteiger partial charge in [-0.3, -0.25) is 18.8 Å². The van der Waals surface area contributed by atoms with E-state index >= 15 is 0 Å². The molecule has 9 heteroatoms. The van der Waals surface area contributed by atoms with Crippen LogP contribution in [0.1, 0.15) is 12.6 Å². The second kappa shape index (κ2) is 7.92. The molecule has 9 nitrogen and oxygen atoms in total. The molecular formula is C23H26N6O3. The summed E-state index contributed by atoms with van der Waals surface area (Å²) in [5, 5.41) is 5.26. The summed E-state index contributed by atoms with van der Waals surface area (Å²) in [6.45, 7) is 3.74. The van der Waals surface area contributed by atoms with Gasteiger partial charge in [-0.25, -0.2) is 4.79 Å². The highest BCUT2D eigenvalue weighted by Crippen LogP contribution is 2.37. The summed E-state index contributed by atoms with van der Waals surface area (Å²) in [4.78, 5) is 17.9. The van der Waals surface area contributed by atoms with Crippen molar-refractivity contribution in [2.45, 2.75) is 13.8 Å². The van der Waals surface area contributed by atoms with Gasteiger partial charge in [-0.1, -0.05) is 0 Å². The van der Waals surface area contributed by atoms with E-state index in [4.69, 9.17) is 15.2 Å². The molecule has 0 aliphatic rings. The molecule has 32 heavy (non-hydrogen) atoms. The highest BCUT2D eigenvalue weighted by molar-refractivity contribution is 6.06. The van der Waals surface area contributed by atoms with E-state index in [-0.39, 0.29) is 5.69 Å². The molecule has 1 aromatic carbocycles. The lowest BCUT2D eigenvalue weighted by molar-refractivity contribution is 0.294. The van der Waals surface area contributed by atoms with Crippen LogP contribution < -0.4 is 16.2 Å². The first-order chi connectivity index (χ1) is 15.3. The number of pyridine rings is 1. The van der Waals surface area contributed by atoms with E-state index in [0.29, 0.717) is 33.8 Å². The van der Waals surface area contributed by atoms with Crippen molar-refractivity contribution >= 4 is 27.6 Å². The average Bonchev–Trinajstić information content (AvgIpc) is 3.25. The van der Waals surface area contributed by atoms with Gasteiger partial charge in [-0.2, -0.15) is 5.10 Å². The van der Waals surface area contributed by atoms with Crippen molar-refractivity contribution in [2.24, 2.45) is 19.8 Å². The molecule has 2 N–H and O–H groups in total. The normalized spacial score (nSPS) is 12.7. The number of nitrogens with two attached hydrogens (primary N) is 1. The molecule has 0 amide bonds. The Morgan fingerprint density at radius 1 is 1.19 bits per heavy atom. The third kappa shape index (κ3) is 3.13. The zero-order valence-corrected chi connectivity index (χ0v) is 19.0. The molecule has 0 spiro atoms. The number of aryl methyl sites for hydroxylation is 3. The minimum Gasteiger partial charge on any atom is -0.499 e. The van der Waals surface area contributed by atoms with Crippen LogP contribution in [-0.4, -0.2) is 38.1 Å². The van der Waals surface area contributed by atoms with E-state index in [1.54, 1.807) is 54.3 Å². The van der Waals surface area contributed by atoms with E-state index < -0.39 is 0 Å². The summed E-state index contributed by atoms with van der Waals surface area (Å²) >= 11 is 0. The lowest BCUT2D eigenvalue weighted by Gasteiger charge is -2.13. The molecule has 0 radical (unpaired) electrons. The molecule has 0 saturated heterocycles. The molecule has 3 aromatic heterocycles. The predicted octanol–water partition coefficient (Wildman–Crippen LogP) is 2.91. The maximum atomic E-state index is 13.3. The minimum atomic E-state index is -0.228. The standard InChI is InChI=1S/C23H26N6O3/c1-13-17(12-27(3)26-13)15-9-16-18(10-21(15)32-6)25-11-20-22(16)29(23(30)28(20)4)19(7-8-24)14(2)31-5/h7-12H,24H2,1-6H3/b8-7-,19-14-. The number of nitrogens with zero attached hydrogens (tertiary/aromatic N) is 5. The van der Waals surface area contributed by atoms with Crippen LogP contribution >= 0.6 is 0 Å². The zero-order chi connectivity index (χ0) is 23.2. The van der Waals surface area contributed by atoms with Gasteiger partial charge in [0.05, 0.1) is 48.4 Å². The van der Waals surface area contributed by atoms with Gasteiger partial charge in [0.25, 0.3) is 0 Å². The predicted molar refractivity (Wildman–Crippen MR) is 125 cm³/mol. The minimum absolute atomic E-state index is 0.228. The quantitative estimate of drug-likeness (QED) is 0.383. The number of benzene rings is 1. The number of hydrogen-bond donors (Lipinski definition) is 1. The molecule has 0 unspecified atom stereocenters. The Labute approximate surface area is 185 Å². The summed E-state index contributed by atoms with van der Waals surface area (Å²) in [6, 6.07) is 3.87. The Hall–Kier alpha value is -4.01. The van der Waals surface area contributed by atoms with Crippen LogP contribution in [0.3, 0.4) is 0 Å². The van der Waals surface area contributed by atoms with E-state index in [1.807, 2.05) is 32.3 Å². The van der Waals surface area contributed by atoms with Crippen LogP contribution in [0.2, 0.25) is 0 Å². The fraction of sp³-hybridized carbons (Fsp3) is 0.261. The zero-order valence-electron chi connectivity index (χ0n) is 19.0. The molecule has 0 saturated carbocycles. The Bertz CT molecular complexity index is 1470. The lowest BCUT2D eigenvalue weighted by atomic mass is 10.0. The highest BCUT2D eigenvalue weighted by atomic mass is 16.5. The number of imidazole rings is 1. The Morgan fingerprint density at radius 2 is 1.94 bits per heavy atom. The second-order valence-electron chi connectivity index (χ2n) is 7.55. The monoisotopic (exact) mass is 434 g/mol. The summed E-state index contributed by atoms with van der Waals surface area (Å²) in [5.41, 5.74) is 10.8. The number of aromatic nitrogens is 5. The Morgan fingerprint density at radius 3 is 2.53 bits per heavy atom. The molecule has 0 aliphatic carbocycles. The van der Waals surface area contributed by atoms with Crippen LogP contribution in [0.25, 0.3) is 38.8 Å². The molecule has 3 heterocycles. The van der Waals surface area contributed by atoms with Crippen molar-refractivity contribution in [3.8, 4) is 16.9 Å². The number of ether oxygens (including phenoxy) is 2. The van der Waals surface area contributed by atoms with Crippen LogP contribution in [0.4, 0.5) is 0 Å². The van der Waals surface area contributed by atoms with Gasteiger partial charge < -0.3 is 15.2 Å². The van der Waals surface area contributed by atoms with E-state index in [9.17, 15) is 4.79 Å². The Kier molecular flexibility index (Phi) is 5.25. The molecular weight excluding hydrogens is 408 g/mol. The number of hydrogen-bond acceptors (Lipinski definition) is 6. The van der Waals surface area contributed by atoms with Crippen molar-refractivity contribution in [3.63, 3.8) is 0 Å². The molecule has 0 aliphatic heterocycles. The molecule has 4 rings (SSSR count). The first kappa shape index (κ1) is 21.2.